The van der Waals surface area contributed by atoms with Gasteiger partial charge in [-0.3, -0.25) is 9.59 Å². The quantitative estimate of drug-likeness (QED) is 0.611. The van der Waals surface area contributed by atoms with E-state index in [1.165, 1.54) is 33.5 Å². The molecule has 0 spiro atoms. The van der Waals surface area contributed by atoms with Gasteiger partial charge in [-0.2, -0.15) is 0 Å². The average Bonchev–Trinajstić information content (AvgIpc) is 2.73. The van der Waals surface area contributed by atoms with Gasteiger partial charge >= 0.3 is 0 Å². The van der Waals surface area contributed by atoms with Crippen molar-refractivity contribution in [1.82, 2.24) is 5.32 Å². The highest BCUT2D eigenvalue weighted by molar-refractivity contribution is 6.34. The van der Waals surface area contributed by atoms with E-state index in [0.29, 0.717) is 46.0 Å². The molecule has 2 amide bonds. The van der Waals surface area contributed by atoms with Crippen LogP contribution in [0.25, 0.3) is 0 Å². The minimum absolute atomic E-state index is 0.226. The Bertz CT molecular complexity index is 889. The molecule has 0 heterocycles. The zero-order chi connectivity index (χ0) is 22.3. The molecule has 0 radical (unpaired) electrons. The van der Waals surface area contributed by atoms with E-state index >= 15 is 0 Å². The summed E-state index contributed by atoms with van der Waals surface area (Å²) in [6.07, 6.45) is 0.879. The Hall–Kier alpha value is -2.93. The molecule has 0 saturated carbocycles. The summed E-state index contributed by atoms with van der Waals surface area (Å²) in [5.74, 6) is 0.917. The smallest absolute Gasteiger partial charge is 0.255 e. The minimum atomic E-state index is -0.437. The van der Waals surface area contributed by atoms with Gasteiger partial charge in [0.1, 0.15) is 0 Å². The number of amides is 2. The molecular weight excluding hydrogens is 408 g/mol. The van der Waals surface area contributed by atoms with Crippen molar-refractivity contribution in [1.29, 1.82) is 0 Å². The van der Waals surface area contributed by atoms with Crippen LogP contribution in [0.1, 0.15) is 41.0 Å². The van der Waals surface area contributed by atoms with Crippen LogP contribution in [-0.4, -0.2) is 39.7 Å². The molecule has 2 N–H and O–H groups in total. The van der Waals surface area contributed by atoms with Crippen molar-refractivity contribution in [3.05, 3.63) is 46.5 Å². The van der Waals surface area contributed by atoms with Crippen molar-refractivity contribution in [2.75, 3.05) is 33.2 Å². The molecule has 30 heavy (non-hydrogen) atoms. The molecule has 0 aliphatic heterocycles. The summed E-state index contributed by atoms with van der Waals surface area (Å²) >= 11 is 6.23. The molecule has 0 aliphatic rings. The van der Waals surface area contributed by atoms with Crippen LogP contribution in [-0.2, 0) is 0 Å². The lowest BCUT2D eigenvalue weighted by atomic mass is 10.1. The highest BCUT2D eigenvalue weighted by Gasteiger charge is 2.18. The van der Waals surface area contributed by atoms with Crippen LogP contribution in [0.2, 0.25) is 5.02 Å². The molecule has 0 bridgehead atoms. The van der Waals surface area contributed by atoms with Crippen molar-refractivity contribution in [2.24, 2.45) is 5.92 Å². The molecule has 2 aromatic carbocycles. The Balaban J connectivity index is 2.23. The van der Waals surface area contributed by atoms with E-state index in [-0.39, 0.29) is 11.5 Å². The number of hydrogen-bond donors (Lipinski definition) is 2. The molecule has 7 nitrogen and oxygen atoms in total. The van der Waals surface area contributed by atoms with Crippen LogP contribution in [0.3, 0.4) is 0 Å². The Morgan fingerprint density at radius 2 is 1.57 bits per heavy atom. The van der Waals surface area contributed by atoms with Gasteiger partial charge in [0.05, 0.1) is 32.0 Å². The summed E-state index contributed by atoms with van der Waals surface area (Å²) in [5, 5.41) is 5.91. The van der Waals surface area contributed by atoms with Crippen LogP contribution in [0, 0.1) is 5.92 Å². The highest BCUT2D eigenvalue weighted by atomic mass is 35.5. The van der Waals surface area contributed by atoms with Gasteiger partial charge in [0.15, 0.2) is 11.5 Å². The van der Waals surface area contributed by atoms with E-state index in [0.717, 1.165) is 6.42 Å². The second-order valence-electron chi connectivity index (χ2n) is 7.00. The Labute approximate surface area is 181 Å². The summed E-state index contributed by atoms with van der Waals surface area (Å²) in [5.41, 5.74) is 1.02. The fourth-order valence-electron chi connectivity index (χ4n) is 2.75. The molecule has 162 valence electrons. The van der Waals surface area contributed by atoms with Crippen LogP contribution in [0.4, 0.5) is 5.69 Å². The predicted molar refractivity (Wildman–Crippen MR) is 117 cm³/mol. The minimum Gasteiger partial charge on any atom is -0.493 e. The summed E-state index contributed by atoms with van der Waals surface area (Å²) in [6, 6.07) is 7.80. The van der Waals surface area contributed by atoms with E-state index in [9.17, 15) is 9.59 Å². The number of methoxy groups -OCH3 is 3. The summed E-state index contributed by atoms with van der Waals surface area (Å²) < 4.78 is 15.8. The number of hydrogen-bond acceptors (Lipinski definition) is 5. The van der Waals surface area contributed by atoms with Crippen molar-refractivity contribution < 1.29 is 23.8 Å². The number of nitrogens with one attached hydrogen (secondary N) is 2. The largest absolute Gasteiger partial charge is 0.493 e. The molecule has 0 aliphatic carbocycles. The van der Waals surface area contributed by atoms with Crippen LogP contribution < -0.4 is 24.8 Å². The van der Waals surface area contributed by atoms with Gasteiger partial charge in [0.25, 0.3) is 11.8 Å². The van der Waals surface area contributed by atoms with Gasteiger partial charge in [-0.25, -0.2) is 0 Å². The maximum Gasteiger partial charge on any atom is 0.255 e. The highest BCUT2D eigenvalue weighted by Crippen LogP contribution is 2.38. The van der Waals surface area contributed by atoms with Crippen molar-refractivity contribution >= 4 is 29.1 Å². The fourth-order valence-corrected chi connectivity index (χ4v) is 2.91. The molecule has 8 heteroatoms. The molecule has 0 atom stereocenters. The number of rotatable bonds is 9. The monoisotopic (exact) mass is 434 g/mol. The van der Waals surface area contributed by atoms with Gasteiger partial charge in [-0.15, -0.1) is 0 Å². The second kappa shape index (κ2) is 10.7. The van der Waals surface area contributed by atoms with Gasteiger partial charge in [-0.05, 0) is 42.7 Å². The molecular formula is C22H27ClN2O5. The number of ether oxygens (including phenoxy) is 3. The van der Waals surface area contributed by atoms with Gasteiger partial charge in [0, 0.05) is 17.7 Å². The Morgan fingerprint density at radius 1 is 0.933 bits per heavy atom. The van der Waals surface area contributed by atoms with E-state index < -0.39 is 5.91 Å². The Morgan fingerprint density at radius 3 is 2.10 bits per heavy atom. The number of benzene rings is 2. The van der Waals surface area contributed by atoms with Gasteiger partial charge in [-0.1, -0.05) is 25.4 Å². The molecule has 0 saturated heterocycles. The first-order valence-electron chi connectivity index (χ1n) is 9.49. The average molecular weight is 435 g/mol. The van der Waals surface area contributed by atoms with Crippen molar-refractivity contribution in [3.8, 4) is 17.2 Å². The lowest BCUT2D eigenvalue weighted by molar-refractivity contribution is 0.0950. The van der Waals surface area contributed by atoms with E-state index in [4.69, 9.17) is 25.8 Å². The first-order chi connectivity index (χ1) is 14.3. The van der Waals surface area contributed by atoms with Gasteiger partial charge < -0.3 is 24.8 Å². The van der Waals surface area contributed by atoms with Gasteiger partial charge in [0.2, 0.25) is 5.75 Å². The first-order valence-corrected chi connectivity index (χ1v) is 9.87. The summed E-state index contributed by atoms with van der Waals surface area (Å²) in [4.78, 5) is 25.2. The third kappa shape index (κ3) is 5.79. The lowest BCUT2D eigenvalue weighted by Crippen LogP contribution is -2.25. The normalized spacial score (nSPS) is 10.5. The SMILES string of the molecule is COc1cc(C(=O)Nc2cc(C(=O)NCCC(C)C)ccc2Cl)cc(OC)c1OC. The molecule has 0 fully saturated rings. The fraction of sp³-hybridized carbons (Fsp3) is 0.364. The Kier molecular flexibility index (Phi) is 8.35. The summed E-state index contributed by atoms with van der Waals surface area (Å²) in [7, 11) is 4.42. The van der Waals surface area contributed by atoms with Crippen LogP contribution >= 0.6 is 11.6 Å². The standard InChI is InChI=1S/C22H27ClN2O5/c1-13(2)8-9-24-21(26)14-6-7-16(23)17(10-14)25-22(27)15-11-18(28-3)20(30-5)19(12-15)29-4/h6-7,10-13H,8-9H2,1-5H3,(H,24,26)(H,25,27). The molecule has 2 rings (SSSR count). The first kappa shape index (κ1) is 23.3. The van der Waals surface area contributed by atoms with E-state index in [1.54, 1.807) is 18.2 Å². The topological polar surface area (TPSA) is 85.9 Å². The number of carbonyl (C=O) groups is 2. The number of anilines is 1. The molecule has 0 unspecified atom stereocenters. The van der Waals surface area contributed by atoms with Crippen molar-refractivity contribution in [2.45, 2.75) is 20.3 Å². The van der Waals surface area contributed by atoms with Crippen molar-refractivity contribution in [3.63, 3.8) is 0 Å². The number of halogens is 1. The number of carbonyl (C=O) groups excluding carboxylic acids is 2. The maximum absolute atomic E-state index is 12.8. The molecule has 0 aromatic heterocycles. The van der Waals surface area contributed by atoms with Crippen LogP contribution in [0.15, 0.2) is 30.3 Å². The summed E-state index contributed by atoms with van der Waals surface area (Å²) in [6.45, 7) is 4.75. The van der Waals surface area contributed by atoms with E-state index in [1.807, 2.05) is 0 Å². The zero-order valence-electron chi connectivity index (χ0n) is 17.8. The molecule has 2 aromatic rings. The van der Waals surface area contributed by atoms with Crippen LogP contribution in [0.5, 0.6) is 17.2 Å². The zero-order valence-corrected chi connectivity index (χ0v) is 18.6. The van der Waals surface area contributed by atoms with E-state index in [2.05, 4.69) is 24.5 Å². The third-order valence-corrected chi connectivity index (χ3v) is 4.74. The second-order valence-corrected chi connectivity index (χ2v) is 7.41. The lowest BCUT2D eigenvalue weighted by Gasteiger charge is -2.15. The third-order valence-electron chi connectivity index (χ3n) is 4.41. The maximum atomic E-state index is 12.8. The predicted octanol–water partition coefficient (Wildman–Crippen LogP) is 4.39.